The first-order valence-electron chi connectivity index (χ1n) is 6.49. The van der Waals surface area contributed by atoms with Crippen molar-refractivity contribution in [2.45, 2.75) is 19.9 Å². The smallest absolute Gasteiger partial charge is 0.270 e. The Morgan fingerprint density at radius 1 is 1.40 bits per heavy atom. The summed E-state index contributed by atoms with van der Waals surface area (Å²) in [7, 11) is 1.84. The molecule has 0 atom stereocenters. The van der Waals surface area contributed by atoms with Crippen molar-refractivity contribution < 1.29 is 4.74 Å². The summed E-state index contributed by atoms with van der Waals surface area (Å²) in [6.45, 7) is 3.35. The first-order valence-corrected chi connectivity index (χ1v) is 6.49. The monoisotopic (exact) mass is 277 g/mol. The molecule has 2 aromatic rings. The van der Waals surface area contributed by atoms with E-state index in [1.165, 1.54) is 10.7 Å². The van der Waals surface area contributed by atoms with E-state index >= 15 is 0 Å². The Labute approximate surface area is 117 Å². The SMILES string of the molecule is Cc1cc(Cn2ncc(OCCCN)cc2=O)n(C)n1. The molecule has 0 bridgehead atoms. The van der Waals surface area contributed by atoms with Gasteiger partial charge in [0.1, 0.15) is 5.75 Å². The van der Waals surface area contributed by atoms with Crippen LogP contribution in [0.3, 0.4) is 0 Å². The highest BCUT2D eigenvalue weighted by Gasteiger charge is 2.06. The molecule has 7 heteroatoms. The van der Waals surface area contributed by atoms with E-state index in [1.54, 1.807) is 10.9 Å². The van der Waals surface area contributed by atoms with Crippen LogP contribution < -0.4 is 16.0 Å². The fourth-order valence-corrected chi connectivity index (χ4v) is 1.85. The third-order valence-corrected chi connectivity index (χ3v) is 2.87. The largest absolute Gasteiger partial charge is 0.492 e. The van der Waals surface area contributed by atoms with E-state index in [1.807, 2.05) is 20.0 Å². The maximum absolute atomic E-state index is 12.0. The van der Waals surface area contributed by atoms with Gasteiger partial charge >= 0.3 is 0 Å². The van der Waals surface area contributed by atoms with E-state index in [4.69, 9.17) is 10.5 Å². The molecule has 2 heterocycles. The third-order valence-electron chi connectivity index (χ3n) is 2.87. The normalized spacial score (nSPS) is 10.8. The number of rotatable bonds is 6. The third kappa shape index (κ3) is 3.45. The lowest BCUT2D eigenvalue weighted by Crippen LogP contribution is -2.23. The van der Waals surface area contributed by atoms with Gasteiger partial charge in [0.15, 0.2) is 0 Å². The topological polar surface area (TPSA) is 88.0 Å². The molecular formula is C13H19N5O2. The predicted octanol–water partition coefficient (Wildman–Crippen LogP) is 0.0611. The molecule has 0 aliphatic rings. The summed E-state index contributed by atoms with van der Waals surface area (Å²) < 4.78 is 8.51. The van der Waals surface area contributed by atoms with Gasteiger partial charge in [0.2, 0.25) is 0 Å². The molecule has 0 spiro atoms. The Hall–Kier alpha value is -2.15. The van der Waals surface area contributed by atoms with Crippen molar-refractivity contribution in [2.75, 3.05) is 13.2 Å². The minimum Gasteiger partial charge on any atom is -0.492 e. The van der Waals surface area contributed by atoms with Crippen LogP contribution in [-0.2, 0) is 13.6 Å². The quantitative estimate of drug-likeness (QED) is 0.754. The molecule has 0 aromatic carbocycles. The molecule has 0 saturated heterocycles. The van der Waals surface area contributed by atoms with Gasteiger partial charge < -0.3 is 10.5 Å². The maximum atomic E-state index is 12.0. The van der Waals surface area contributed by atoms with Gasteiger partial charge in [-0.2, -0.15) is 10.2 Å². The lowest BCUT2D eigenvalue weighted by Gasteiger charge is -2.07. The van der Waals surface area contributed by atoms with Gasteiger partial charge in [-0.15, -0.1) is 0 Å². The van der Waals surface area contributed by atoms with Crippen molar-refractivity contribution in [2.24, 2.45) is 12.8 Å². The van der Waals surface area contributed by atoms with Crippen LogP contribution in [0.2, 0.25) is 0 Å². The van der Waals surface area contributed by atoms with E-state index in [2.05, 4.69) is 10.2 Å². The van der Waals surface area contributed by atoms with Crippen molar-refractivity contribution >= 4 is 0 Å². The molecule has 108 valence electrons. The fourth-order valence-electron chi connectivity index (χ4n) is 1.85. The van der Waals surface area contributed by atoms with Crippen LogP contribution in [0.5, 0.6) is 5.75 Å². The second-order valence-corrected chi connectivity index (χ2v) is 4.58. The lowest BCUT2D eigenvalue weighted by molar-refractivity contribution is 0.309. The zero-order valence-corrected chi connectivity index (χ0v) is 11.7. The molecule has 2 rings (SSSR count). The molecular weight excluding hydrogens is 258 g/mol. The zero-order valence-electron chi connectivity index (χ0n) is 11.7. The van der Waals surface area contributed by atoms with Gasteiger partial charge in [-0.05, 0) is 26.0 Å². The van der Waals surface area contributed by atoms with E-state index in [-0.39, 0.29) is 5.56 Å². The van der Waals surface area contributed by atoms with Crippen molar-refractivity contribution in [1.82, 2.24) is 19.6 Å². The van der Waals surface area contributed by atoms with E-state index < -0.39 is 0 Å². The Morgan fingerprint density at radius 2 is 2.20 bits per heavy atom. The Balaban J connectivity index is 2.10. The number of ether oxygens (including phenoxy) is 1. The molecule has 0 unspecified atom stereocenters. The highest BCUT2D eigenvalue weighted by atomic mass is 16.5. The molecule has 0 fully saturated rings. The minimum absolute atomic E-state index is 0.200. The van der Waals surface area contributed by atoms with Crippen LogP contribution in [0.1, 0.15) is 17.8 Å². The summed E-state index contributed by atoms with van der Waals surface area (Å²) in [5.41, 5.74) is 7.02. The summed E-state index contributed by atoms with van der Waals surface area (Å²) >= 11 is 0. The standard InChI is InChI=1S/C13H19N5O2/c1-10-6-11(17(2)16-10)9-18-13(19)7-12(8-15-18)20-5-3-4-14/h6-8H,3-5,9,14H2,1-2H3. The lowest BCUT2D eigenvalue weighted by atomic mass is 10.3. The molecule has 20 heavy (non-hydrogen) atoms. The number of nitrogens with zero attached hydrogens (tertiary/aromatic N) is 4. The van der Waals surface area contributed by atoms with Crippen LogP contribution in [0.15, 0.2) is 23.1 Å². The van der Waals surface area contributed by atoms with Crippen LogP contribution in [-0.4, -0.2) is 32.7 Å². The maximum Gasteiger partial charge on any atom is 0.270 e. The minimum atomic E-state index is -0.200. The summed E-state index contributed by atoms with van der Waals surface area (Å²) in [4.78, 5) is 12.0. The van der Waals surface area contributed by atoms with E-state index in [0.717, 1.165) is 17.8 Å². The van der Waals surface area contributed by atoms with Gasteiger partial charge in [-0.25, -0.2) is 4.68 Å². The van der Waals surface area contributed by atoms with E-state index in [9.17, 15) is 4.79 Å². The van der Waals surface area contributed by atoms with Crippen LogP contribution in [0.25, 0.3) is 0 Å². The summed E-state index contributed by atoms with van der Waals surface area (Å²) in [5.74, 6) is 0.473. The molecule has 0 amide bonds. The van der Waals surface area contributed by atoms with Crippen LogP contribution in [0.4, 0.5) is 0 Å². The first kappa shape index (κ1) is 14.3. The summed E-state index contributed by atoms with van der Waals surface area (Å²) in [6.07, 6.45) is 2.29. The van der Waals surface area contributed by atoms with Crippen molar-refractivity contribution in [1.29, 1.82) is 0 Å². The molecule has 0 aliphatic heterocycles. The average molecular weight is 277 g/mol. The number of hydrogen-bond donors (Lipinski definition) is 1. The highest BCUT2D eigenvalue weighted by Crippen LogP contribution is 2.06. The number of hydrogen-bond acceptors (Lipinski definition) is 5. The zero-order chi connectivity index (χ0) is 14.5. The molecule has 7 nitrogen and oxygen atoms in total. The highest BCUT2D eigenvalue weighted by molar-refractivity contribution is 5.15. The van der Waals surface area contributed by atoms with Crippen molar-refractivity contribution in [3.8, 4) is 5.75 Å². The number of aryl methyl sites for hydroxylation is 2. The van der Waals surface area contributed by atoms with Crippen molar-refractivity contribution in [3.63, 3.8) is 0 Å². The molecule has 0 saturated carbocycles. The number of nitrogens with two attached hydrogens (primary N) is 1. The molecule has 2 aromatic heterocycles. The van der Waals surface area contributed by atoms with Gasteiger partial charge in [-0.1, -0.05) is 0 Å². The Bertz CT molecular complexity index is 632. The van der Waals surface area contributed by atoms with Gasteiger partial charge in [0.05, 0.1) is 30.7 Å². The predicted molar refractivity (Wildman–Crippen MR) is 74.7 cm³/mol. The summed E-state index contributed by atoms with van der Waals surface area (Å²) in [6, 6.07) is 3.37. The average Bonchev–Trinajstić information content (AvgIpc) is 2.71. The van der Waals surface area contributed by atoms with Gasteiger partial charge in [0.25, 0.3) is 5.56 Å². The first-order chi connectivity index (χ1) is 9.60. The van der Waals surface area contributed by atoms with Crippen molar-refractivity contribution in [3.05, 3.63) is 40.1 Å². The molecule has 0 radical (unpaired) electrons. The number of aromatic nitrogens is 4. The van der Waals surface area contributed by atoms with Crippen LogP contribution in [0, 0.1) is 6.92 Å². The van der Waals surface area contributed by atoms with E-state index in [0.29, 0.717) is 25.4 Å². The van der Waals surface area contributed by atoms with Gasteiger partial charge in [0, 0.05) is 13.1 Å². The molecule has 0 aliphatic carbocycles. The Kier molecular flexibility index (Phi) is 4.52. The molecule has 2 N–H and O–H groups in total. The van der Waals surface area contributed by atoms with Gasteiger partial charge in [-0.3, -0.25) is 9.48 Å². The summed E-state index contributed by atoms with van der Waals surface area (Å²) in [5, 5.41) is 8.35. The second-order valence-electron chi connectivity index (χ2n) is 4.58. The fraction of sp³-hybridized carbons (Fsp3) is 0.462. The Morgan fingerprint density at radius 3 is 2.80 bits per heavy atom. The second kappa shape index (κ2) is 6.33. The van der Waals surface area contributed by atoms with Crippen LogP contribution >= 0.6 is 0 Å².